The maximum absolute atomic E-state index is 11.8. The van der Waals surface area contributed by atoms with E-state index in [4.69, 9.17) is 4.74 Å². The first-order valence-electron chi connectivity index (χ1n) is 6.82. The number of hydrogen-bond donors (Lipinski definition) is 1. The highest BCUT2D eigenvalue weighted by molar-refractivity contribution is 5.77. The second kappa shape index (κ2) is 5.99. The van der Waals surface area contributed by atoms with Gasteiger partial charge in [-0.2, -0.15) is 0 Å². The molecule has 5 heteroatoms. The van der Waals surface area contributed by atoms with Gasteiger partial charge in [0.25, 0.3) is 0 Å². The lowest BCUT2D eigenvalue weighted by Crippen LogP contribution is -2.47. The molecule has 1 spiro atoms. The average molecular weight is 255 g/mol. The number of nitrogens with one attached hydrogen (secondary N) is 1. The van der Waals surface area contributed by atoms with Crippen molar-refractivity contribution in [3.8, 4) is 0 Å². The van der Waals surface area contributed by atoms with Crippen molar-refractivity contribution < 1.29 is 9.53 Å². The molecule has 2 aliphatic rings. The average Bonchev–Trinajstić information content (AvgIpc) is 2.53. The number of rotatable bonds is 2. The molecular weight excluding hydrogens is 230 g/mol. The molecule has 1 N–H and O–H groups in total. The third-order valence-electron chi connectivity index (χ3n) is 4.04. The Hall–Kier alpha value is -0.650. The van der Waals surface area contributed by atoms with Crippen LogP contribution in [0.1, 0.15) is 12.8 Å². The molecule has 0 aromatic rings. The van der Waals surface area contributed by atoms with Gasteiger partial charge in [0, 0.05) is 32.6 Å². The molecule has 1 amide bonds. The standard InChI is InChI=1S/C13H25N3O2/c1-15(2)12(17)9-16-7-8-18-11-13(10-16)3-5-14-6-4-13/h14H,3-11H2,1-2H3. The Bertz CT molecular complexity index is 288. The van der Waals surface area contributed by atoms with E-state index in [1.54, 1.807) is 4.90 Å². The lowest BCUT2D eigenvalue weighted by atomic mass is 9.79. The van der Waals surface area contributed by atoms with Crippen molar-refractivity contribution in [2.75, 3.05) is 60.0 Å². The molecule has 0 bridgehead atoms. The minimum atomic E-state index is 0.181. The SMILES string of the molecule is CN(C)C(=O)CN1CCOCC2(CCNCC2)C1. The summed E-state index contributed by atoms with van der Waals surface area (Å²) in [5.74, 6) is 0.181. The Labute approximate surface area is 109 Å². The molecular formula is C13H25N3O2. The van der Waals surface area contributed by atoms with Crippen molar-refractivity contribution in [2.45, 2.75) is 12.8 Å². The number of piperidine rings is 1. The van der Waals surface area contributed by atoms with E-state index in [-0.39, 0.29) is 11.3 Å². The van der Waals surface area contributed by atoms with E-state index in [0.717, 1.165) is 52.2 Å². The van der Waals surface area contributed by atoms with Crippen LogP contribution in [0.3, 0.4) is 0 Å². The van der Waals surface area contributed by atoms with Crippen LogP contribution in [0.15, 0.2) is 0 Å². The third-order valence-corrected chi connectivity index (χ3v) is 4.04. The van der Waals surface area contributed by atoms with Gasteiger partial charge in [-0.3, -0.25) is 9.69 Å². The maximum atomic E-state index is 11.8. The fourth-order valence-electron chi connectivity index (χ4n) is 2.81. The molecule has 0 saturated carbocycles. The van der Waals surface area contributed by atoms with Crippen molar-refractivity contribution >= 4 is 5.91 Å². The Morgan fingerprint density at radius 3 is 2.78 bits per heavy atom. The fourth-order valence-corrected chi connectivity index (χ4v) is 2.81. The van der Waals surface area contributed by atoms with Gasteiger partial charge in [0.2, 0.25) is 5.91 Å². The number of amides is 1. The van der Waals surface area contributed by atoms with Crippen LogP contribution in [-0.2, 0) is 9.53 Å². The predicted molar refractivity (Wildman–Crippen MR) is 70.5 cm³/mol. The smallest absolute Gasteiger partial charge is 0.236 e. The summed E-state index contributed by atoms with van der Waals surface area (Å²) in [6.07, 6.45) is 2.30. The molecule has 0 unspecified atom stereocenters. The van der Waals surface area contributed by atoms with Gasteiger partial charge in [0.05, 0.1) is 19.8 Å². The molecule has 0 aromatic heterocycles. The normalized spacial score (nSPS) is 24.8. The Kier molecular flexibility index (Phi) is 4.59. The van der Waals surface area contributed by atoms with E-state index < -0.39 is 0 Å². The van der Waals surface area contributed by atoms with Crippen LogP contribution in [0.4, 0.5) is 0 Å². The van der Waals surface area contributed by atoms with Crippen LogP contribution in [0.5, 0.6) is 0 Å². The lowest BCUT2D eigenvalue weighted by molar-refractivity contribution is -0.130. The minimum absolute atomic E-state index is 0.181. The Morgan fingerprint density at radius 2 is 2.11 bits per heavy atom. The van der Waals surface area contributed by atoms with Crippen molar-refractivity contribution in [3.05, 3.63) is 0 Å². The summed E-state index contributed by atoms with van der Waals surface area (Å²) in [6, 6.07) is 0. The highest BCUT2D eigenvalue weighted by Crippen LogP contribution is 2.31. The zero-order chi connectivity index (χ0) is 13.0. The first-order valence-corrected chi connectivity index (χ1v) is 6.82. The fraction of sp³-hybridized carbons (Fsp3) is 0.923. The van der Waals surface area contributed by atoms with Crippen LogP contribution < -0.4 is 5.32 Å². The highest BCUT2D eigenvalue weighted by atomic mass is 16.5. The van der Waals surface area contributed by atoms with Crippen molar-refractivity contribution in [3.63, 3.8) is 0 Å². The molecule has 2 saturated heterocycles. The quantitative estimate of drug-likeness (QED) is 0.741. The van der Waals surface area contributed by atoms with Gasteiger partial charge in [-0.15, -0.1) is 0 Å². The molecule has 5 nitrogen and oxygen atoms in total. The third kappa shape index (κ3) is 3.43. The summed E-state index contributed by atoms with van der Waals surface area (Å²) in [4.78, 5) is 15.8. The van der Waals surface area contributed by atoms with E-state index in [1.165, 1.54) is 0 Å². The monoisotopic (exact) mass is 255 g/mol. The Balaban J connectivity index is 1.96. The van der Waals surface area contributed by atoms with E-state index in [9.17, 15) is 4.79 Å². The van der Waals surface area contributed by atoms with Crippen molar-refractivity contribution in [2.24, 2.45) is 5.41 Å². The largest absolute Gasteiger partial charge is 0.379 e. The number of ether oxygens (including phenoxy) is 1. The second-order valence-corrected chi connectivity index (χ2v) is 5.80. The number of carbonyl (C=O) groups is 1. The van der Waals surface area contributed by atoms with E-state index in [1.807, 2.05) is 14.1 Å². The molecule has 2 fully saturated rings. The van der Waals surface area contributed by atoms with Gasteiger partial charge in [0.1, 0.15) is 0 Å². The van der Waals surface area contributed by atoms with Crippen LogP contribution in [0, 0.1) is 5.41 Å². The lowest BCUT2D eigenvalue weighted by Gasteiger charge is -2.38. The molecule has 104 valence electrons. The van der Waals surface area contributed by atoms with Crippen LogP contribution in [0.2, 0.25) is 0 Å². The molecule has 0 atom stereocenters. The maximum Gasteiger partial charge on any atom is 0.236 e. The highest BCUT2D eigenvalue weighted by Gasteiger charge is 2.36. The van der Waals surface area contributed by atoms with E-state index in [2.05, 4.69) is 10.2 Å². The van der Waals surface area contributed by atoms with Crippen LogP contribution >= 0.6 is 0 Å². The summed E-state index contributed by atoms with van der Waals surface area (Å²) < 4.78 is 5.77. The molecule has 0 radical (unpaired) electrons. The van der Waals surface area contributed by atoms with E-state index in [0.29, 0.717) is 6.54 Å². The summed E-state index contributed by atoms with van der Waals surface area (Å²) in [5.41, 5.74) is 0.258. The summed E-state index contributed by atoms with van der Waals surface area (Å²) in [7, 11) is 3.63. The number of nitrogens with zero attached hydrogens (tertiary/aromatic N) is 2. The first kappa shape index (κ1) is 13.8. The van der Waals surface area contributed by atoms with Gasteiger partial charge in [-0.25, -0.2) is 0 Å². The van der Waals surface area contributed by atoms with Gasteiger partial charge in [-0.1, -0.05) is 0 Å². The summed E-state index contributed by atoms with van der Waals surface area (Å²) in [5, 5.41) is 3.40. The van der Waals surface area contributed by atoms with Gasteiger partial charge in [0.15, 0.2) is 0 Å². The predicted octanol–water partition coefficient (Wildman–Crippen LogP) is -0.223. The number of likely N-dealkylation sites (N-methyl/N-ethyl adjacent to an activating group) is 1. The second-order valence-electron chi connectivity index (χ2n) is 5.80. The van der Waals surface area contributed by atoms with Crippen LogP contribution in [0.25, 0.3) is 0 Å². The summed E-state index contributed by atoms with van der Waals surface area (Å²) >= 11 is 0. The van der Waals surface area contributed by atoms with Gasteiger partial charge < -0.3 is 15.0 Å². The number of hydrogen-bond acceptors (Lipinski definition) is 4. The Morgan fingerprint density at radius 1 is 1.39 bits per heavy atom. The molecule has 2 rings (SSSR count). The van der Waals surface area contributed by atoms with Crippen molar-refractivity contribution in [1.82, 2.24) is 15.1 Å². The zero-order valence-electron chi connectivity index (χ0n) is 11.6. The molecule has 0 aliphatic carbocycles. The topological polar surface area (TPSA) is 44.8 Å². The molecule has 0 aromatic carbocycles. The molecule has 2 aliphatic heterocycles. The molecule has 2 heterocycles. The minimum Gasteiger partial charge on any atom is -0.379 e. The van der Waals surface area contributed by atoms with E-state index >= 15 is 0 Å². The van der Waals surface area contributed by atoms with Crippen LogP contribution in [-0.4, -0.2) is 75.7 Å². The first-order chi connectivity index (χ1) is 8.61. The number of carbonyl (C=O) groups excluding carboxylic acids is 1. The summed E-state index contributed by atoms with van der Waals surface area (Å²) in [6.45, 7) is 6.11. The van der Waals surface area contributed by atoms with Crippen molar-refractivity contribution in [1.29, 1.82) is 0 Å². The zero-order valence-corrected chi connectivity index (χ0v) is 11.6. The van der Waals surface area contributed by atoms with Gasteiger partial charge in [-0.05, 0) is 25.9 Å². The molecule has 18 heavy (non-hydrogen) atoms. The van der Waals surface area contributed by atoms with Gasteiger partial charge >= 0.3 is 0 Å².